The standard InChI is InChI=1S/C18H22BrNO/c1-11-10-15(19)13-8-6-7-9-14(13)16(11)20-17(21)12(2)18(3,4)5/h6-10,12H,1-5H3,(H,20,21)/t12-/m1/s1. The second-order valence-corrected chi connectivity index (χ2v) is 7.53. The number of rotatable bonds is 2. The summed E-state index contributed by atoms with van der Waals surface area (Å²) in [6.07, 6.45) is 0. The molecular formula is C18H22BrNO. The molecule has 1 N–H and O–H groups in total. The van der Waals surface area contributed by atoms with E-state index in [4.69, 9.17) is 0 Å². The molecule has 0 spiro atoms. The number of carbonyl (C=O) groups is 1. The molecule has 1 amide bonds. The highest BCUT2D eigenvalue weighted by Gasteiger charge is 2.27. The van der Waals surface area contributed by atoms with Gasteiger partial charge in [0.05, 0.1) is 5.69 Å². The highest BCUT2D eigenvalue weighted by atomic mass is 79.9. The van der Waals surface area contributed by atoms with Gasteiger partial charge in [-0.05, 0) is 29.4 Å². The molecule has 2 aromatic carbocycles. The van der Waals surface area contributed by atoms with Gasteiger partial charge < -0.3 is 5.32 Å². The van der Waals surface area contributed by atoms with Gasteiger partial charge in [-0.2, -0.15) is 0 Å². The predicted octanol–water partition coefficient (Wildman–Crippen LogP) is 5.53. The average molecular weight is 348 g/mol. The first kappa shape index (κ1) is 16.0. The Morgan fingerprint density at radius 3 is 2.33 bits per heavy atom. The maximum atomic E-state index is 12.5. The molecule has 0 saturated heterocycles. The van der Waals surface area contributed by atoms with Crippen molar-refractivity contribution in [2.45, 2.75) is 34.6 Å². The van der Waals surface area contributed by atoms with E-state index >= 15 is 0 Å². The van der Waals surface area contributed by atoms with Gasteiger partial charge in [0.1, 0.15) is 0 Å². The van der Waals surface area contributed by atoms with Gasteiger partial charge in [0, 0.05) is 15.8 Å². The zero-order valence-electron chi connectivity index (χ0n) is 13.3. The lowest BCUT2D eigenvalue weighted by Crippen LogP contribution is -2.31. The molecule has 0 aliphatic rings. The van der Waals surface area contributed by atoms with E-state index in [1.807, 2.05) is 32.0 Å². The number of hydrogen-bond acceptors (Lipinski definition) is 1. The summed E-state index contributed by atoms with van der Waals surface area (Å²) in [7, 11) is 0. The molecule has 112 valence electrons. The molecule has 0 radical (unpaired) electrons. The van der Waals surface area contributed by atoms with Crippen molar-refractivity contribution in [1.29, 1.82) is 0 Å². The lowest BCUT2D eigenvalue weighted by Gasteiger charge is -2.26. The Morgan fingerprint density at radius 2 is 1.76 bits per heavy atom. The van der Waals surface area contributed by atoms with E-state index in [-0.39, 0.29) is 17.2 Å². The van der Waals surface area contributed by atoms with Crippen molar-refractivity contribution in [2.75, 3.05) is 5.32 Å². The minimum atomic E-state index is -0.0562. The van der Waals surface area contributed by atoms with Gasteiger partial charge in [-0.3, -0.25) is 4.79 Å². The van der Waals surface area contributed by atoms with Crippen molar-refractivity contribution >= 4 is 38.3 Å². The largest absolute Gasteiger partial charge is 0.325 e. The summed E-state index contributed by atoms with van der Waals surface area (Å²) < 4.78 is 1.05. The Bertz CT molecular complexity index is 685. The Kier molecular flexibility index (Phi) is 4.43. The summed E-state index contributed by atoms with van der Waals surface area (Å²) in [5, 5.41) is 5.31. The molecular weight excluding hydrogens is 326 g/mol. The molecule has 21 heavy (non-hydrogen) atoms. The van der Waals surface area contributed by atoms with Crippen LogP contribution in [0.4, 0.5) is 5.69 Å². The third-order valence-corrected chi connectivity index (χ3v) is 4.79. The number of fused-ring (bicyclic) bond motifs is 1. The van der Waals surface area contributed by atoms with Crippen molar-refractivity contribution in [2.24, 2.45) is 11.3 Å². The second-order valence-electron chi connectivity index (χ2n) is 6.67. The van der Waals surface area contributed by atoms with Crippen LogP contribution in [0.1, 0.15) is 33.3 Å². The van der Waals surface area contributed by atoms with Gasteiger partial charge in [-0.1, -0.05) is 67.9 Å². The molecule has 2 rings (SSSR count). The number of carbonyl (C=O) groups excluding carboxylic acids is 1. The maximum Gasteiger partial charge on any atom is 0.227 e. The van der Waals surface area contributed by atoms with Crippen LogP contribution in [-0.2, 0) is 4.79 Å². The number of aryl methyl sites for hydroxylation is 1. The van der Waals surface area contributed by atoms with Gasteiger partial charge in [0.15, 0.2) is 0 Å². The van der Waals surface area contributed by atoms with Crippen LogP contribution in [0.3, 0.4) is 0 Å². The zero-order chi connectivity index (χ0) is 15.8. The average Bonchev–Trinajstić information content (AvgIpc) is 2.41. The Balaban J connectivity index is 2.46. The summed E-state index contributed by atoms with van der Waals surface area (Å²) in [5.41, 5.74) is 1.92. The molecule has 0 fully saturated rings. The monoisotopic (exact) mass is 347 g/mol. The van der Waals surface area contributed by atoms with E-state index in [2.05, 4.69) is 54.2 Å². The number of amides is 1. The number of hydrogen-bond donors (Lipinski definition) is 1. The van der Waals surface area contributed by atoms with Gasteiger partial charge in [0.2, 0.25) is 5.91 Å². The maximum absolute atomic E-state index is 12.5. The number of halogens is 1. The fraction of sp³-hybridized carbons (Fsp3) is 0.389. The van der Waals surface area contributed by atoms with Crippen molar-refractivity contribution < 1.29 is 4.79 Å². The molecule has 0 saturated carbocycles. The van der Waals surface area contributed by atoms with Crippen LogP contribution in [0.15, 0.2) is 34.8 Å². The van der Waals surface area contributed by atoms with Gasteiger partial charge in [-0.15, -0.1) is 0 Å². The van der Waals surface area contributed by atoms with Gasteiger partial charge >= 0.3 is 0 Å². The van der Waals surface area contributed by atoms with Crippen LogP contribution in [0.5, 0.6) is 0 Å². The third-order valence-electron chi connectivity index (χ3n) is 4.13. The molecule has 0 aliphatic heterocycles. The lowest BCUT2D eigenvalue weighted by atomic mass is 9.81. The minimum Gasteiger partial charge on any atom is -0.325 e. The van der Waals surface area contributed by atoms with Crippen molar-refractivity contribution in [1.82, 2.24) is 0 Å². The van der Waals surface area contributed by atoms with E-state index in [0.717, 1.165) is 26.5 Å². The Labute approximate surface area is 135 Å². The number of benzene rings is 2. The quantitative estimate of drug-likeness (QED) is 0.759. The van der Waals surface area contributed by atoms with E-state index in [0.29, 0.717) is 0 Å². The molecule has 0 aliphatic carbocycles. The SMILES string of the molecule is Cc1cc(Br)c2ccccc2c1NC(=O)[C@@H](C)C(C)(C)C. The van der Waals surface area contributed by atoms with Crippen molar-refractivity contribution in [3.63, 3.8) is 0 Å². The van der Waals surface area contributed by atoms with E-state index < -0.39 is 0 Å². The summed E-state index contributed by atoms with van der Waals surface area (Å²) >= 11 is 3.60. The summed E-state index contributed by atoms with van der Waals surface area (Å²) in [5.74, 6) is 0.0115. The molecule has 0 aromatic heterocycles. The topological polar surface area (TPSA) is 29.1 Å². The molecule has 2 nitrogen and oxygen atoms in total. The molecule has 3 heteroatoms. The van der Waals surface area contributed by atoms with Crippen LogP contribution < -0.4 is 5.32 Å². The minimum absolute atomic E-state index is 0.0524. The van der Waals surface area contributed by atoms with Crippen LogP contribution >= 0.6 is 15.9 Å². The highest BCUT2D eigenvalue weighted by Crippen LogP contribution is 2.34. The third kappa shape index (κ3) is 3.29. The molecule has 0 bridgehead atoms. The number of anilines is 1. The normalized spacial score (nSPS) is 13.2. The van der Waals surface area contributed by atoms with Crippen LogP contribution in [0.25, 0.3) is 10.8 Å². The fourth-order valence-electron chi connectivity index (χ4n) is 2.25. The molecule has 0 unspecified atom stereocenters. The first-order valence-corrected chi connectivity index (χ1v) is 8.00. The molecule has 2 aromatic rings. The lowest BCUT2D eigenvalue weighted by molar-refractivity contribution is -0.122. The fourth-order valence-corrected chi connectivity index (χ4v) is 2.94. The van der Waals surface area contributed by atoms with E-state index in [1.54, 1.807) is 0 Å². The van der Waals surface area contributed by atoms with Crippen LogP contribution in [0, 0.1) is 18.3 Å². The van der Waals surface area contributed by atoms with Crippen LogP contribution in [0.2, 0.25) is 0 Å². The second kappa shape index (κ2) is 5.80. The van der Waals surface area contributed by atoms with Gasteiger partial charge in [0.25, 0.3) is 0 Å². The van der Waals surface area contributed by atoms with E-state index in [9.17, 15) is 4.79 Å². The summed E-state index contributed by atoms with van der Waals surface area (Å²) in [6, 6.07) is 10.2. The first-order valence-electron chi connectivity index (χ1n) is 7.20. The summed E-state index contributed by atoms with van der Waals surface area (Å²) in [4.78, 5) is 12.5. The van der Waals surface area contributed by atoms with E-state index in [1.165, 1.54) is 0 Å². The van der Waals surface area contributed by atoms with Crippen molar-refractivity contribution in [3.8, 4) is 0 Å². The Morgan fingerprint density at radius 1 is 1.19 bits per heavy atom. The molecule has 1 atom stereocenters. The van der Waals surface area contributed by atoms with Gasteiger partial charge in [-0.25, -0.2) is 0 Å². The van der Waals surface area contributed by atoms with Crippen LogP contribution in [-0.4, -0.2) is 5.91 Å². The highest BCUT2D eigenvalue weighted by molar-refractivity contribution is 9.10. The molecule has 0 heterocycles. The summed E-state index contributed by atoms with van der Waals surface area (Å²) in [6.45, 7) is 10.3. The van der Waals surface area contributed by atoms with Crippen molar-refractivity contribution in [3.05, 3.63) is 40.4 Å². The number of nitrogens with one attached hydrogen (secondary N) is 1. The predicted molar refractivity (Wildman–Crippen MR) is 93.6 cm³/mol. The zero-order valence-corrected chi connectivity index (χ0v) is 14.8. The Hall–Kier alpha value is -1.35. The first-order chi connectivity index (χ1) is 9.71. The smallest absolute Gasteiger partial charge is 0.227 e.